The molecule has 3 aliphatic rings. The van der Waals surface area contributed by atoms with E-state index < -0.39 is 17.4 Å². The van der Waals surface area contributed by atoms with Crippen LogP contribution in [0.3, 0.4) is 0 Å². The first-order valence-electron chi connectivity index (χ1n) is 11.5. The van der Waals surface area contributed by atoms with E-state index in [0.29, 0.717) is 23.7 Å². The maximum atomic E-state index is 14.1. The fourth-order valence-electron chi connectivity index (χ4n) is 4.80. The van der Waals surface area contributed by atoms with Crippen molar-refractivity contribution in [3.8, 4) is 10.6 Å². The smallest absolute Gasteiger partial charge is 0.421 e. The molecule has 2 aromatic heterocycles. The number of oxazole rings is 1. The highest BCUT2D eigenvalue weighted by molar-refractivity contribution is 7.13. The molecular formula is C24H27F3N4O4S. The molecule has 5 heterocycles. The number of aromatic nitrogens is 2. The van der Waals surface area contributed by atoms with Gasteiger partial charge in [0.15, 0.2) is 11.2 Å². The second-order valence-corrected chi connectivity index (χ2v) is 11.1. The lowest BCUT2D eigenvalue weighted by molar-refractivity contribution is -0.268. The van der Waals surface area contributed by atoms with Gasteiger partial charge in [0.2, 0.25) is 0 Å². The Morgan fingerprint density at radius 2 is 1.86 bits per heavy atom. The number of alkyl halides is 3. The normalized spacial score (nSPS) is 21.9. The summed E-state index contributed by atoms with van der Waals surface area (Å²) in [5.74, 6) is 0. The SMILES string of the molecule is COC(C)(c1ccc(-c2nccs2)c2oc(N3CC4CC(C3)N4C(=O)OC(C)(C)C)nc12)C(F)(F)F. The number of nitrogens with zero attached hydrogens (tertiary/aromatic N) is 4. The highest BCUT2D eigenvalue weighted by atomic mass is 32.1. The molecule has 1 aromatic carbocycles. The predicted molar refractivity (Wildman–Crippen MR) is 128 cm³/mol. The number of anilines is 1. The minimum Gasteiger partial charge on any atom is -0.444 e. The second kappa shape index (κ2) is 8.34. The topological polar surface area (TPSA) is 80.9 Å². The summed E-state index contributed by atoms with van der Waals surface area (Å²) in [6, 6.07) is 2.96. The van der Waals surface area contributed by atoms with E-state index in [9.17, 15) is 18.0 Å². The fraction of sp³-hybridized carbons (Fsp3) is 0.542. The zero-order valence-electron chi connectivity index (χ0n) is 20.5. The first-order chi connectivity index (χ1) is 16.8. The van der Waals surface area contributed by atoms with Gasteiger partial charge in [0, 0.05) is 37.3 Å². The third-order valence-electron chi connectivity index (χ3n) is 6.73. The number of amides is 1. The minimum absolute atomic E-state index is 0.0719. The molecule has 2 bridgehead atoms. The first-order valence-corrected chi connectivity index (χ1v) is 12.4. The summed E-state index contributed by atoms with van der Waals surface area (Å²) >= 11 is 1.35. The number of ether oxygens (including phenoxy) is 2. The van der Waals surface area contributed by atoms with Crippen LogP contribution in [0, 0.1) is 0 Å². The number of carbonyl (C=O) groups is 1. The van der Waals surface area contributed by atoms with Crippen LogP contribution >= 0.6 is 11.3 Å². The van der Waals surface area contributed by atoms with Crippen molar-refractivity contribution in [2.45, 2.75) is 63.6 Å². The highest BCUT2D eigenvalue weighted by Gasteiger charge is 2.55. The van der Waals surface area contributed by atoms with Crippen LogP contribution in [-0.2, 0) is 15.1 Å². The van der Waals surface area contributed by atoms with Gasteiger partial charge in [0.1, 0.15) is 16.1 Å². The second-order valence-electron chi connectivity index (χ2n) is 10.2. The number of hydrogen-bond donors (Lipinski definition) is 0. The lowest BCUT2D eigenvalue weighted by Gasteiger charge is -2.55. The molecule has 3 saturated heterocycles. The summed E-state index contributed by atoms with van der Waals surface area (Å²) in [6.45, 7) is 7.30. The lowest BCUT2D eigenvalue weighted by atomic mass is 9.88. The Hall–Kier alpha value is -2.86. The average molecular weight is 525 g/mol. The quantitative estimate of drug-likeness (QED) is 0.441. The Kier molecular flexibility index (Phi) is 5.75. The molecule has 3 atom stereocenters. The Morgan fingerprint density at radius 3 is 2.42 bits per heavy atom. The number of halogens is 3. The maximum absolute atomic E-state index is 14.1. The van der Waals surface area contributed by atoms with Crippen LogP contribution in [0.5, 0.6) is 0 Å². The van der Waals surface area contributed by atoms with E-state index in [1.165, 1.54) is 17.4 Å². The van der Waals surface area contributed by atoms with Crippen LogP contribution in [0.1, 0.15) is 39.7 Å². The van der Waals surface area contributed by atoms with Gasteiger partial charge < -0.3 is 18.8 Å². The van der Waals surface area contributed by atoms with Gasteiger partial charge >= 0.3 is 12.3 Å². The third-order valence-corrected chi connectivity index (χ3v) is 7.53. The van der Waals surface area contributed by atoms with E-state index in [-0.39, 0.29) is 40.9 Å². The Labute approximate surface area is 210 Å². The molecule has 194 valence electrons. The molecule has 1 amide bonds. The Bertz CT molecular complexity index is 1270. The lowest BCUT2D eigenvalue weighted by Crippen LogP contribution is -2.70. The fourth-order valence-corrected chi connectivity index (χ4v) is 5.46. The van der Waals surface area contributed by atoms with Crippen molar-refractivity contribution in [1.29, 1.82) is 0 Å². The van der Waals surface area contributed by atoms with Crippen LogP contribution in [0.15, 0.2) is 28.1 Å². The molecule has 8 nitrogen and oxygen atoms in total. The van der Waals surface area contributed by atoms with Crippen molar-refractivity contribution < 1.29 is 31.9 Å². The van der Waals surface area contributed by atoms with Crippen LogP contribution < -0.4 is 4.90 Å². The van der Waals surface area contributed by atoms with Gasteiger partial charge in [-0.2, -0.15) is 18.2 Å². The molecule has 3 fully saturated rings. The zero-order chi connectivity index (χ0) is 26.0. The number of benzene rings is 1. The van der Waals surface area contributed by atoms with Crippen molar-refractivity contribution in [2.75, 3.05) is 25.1 Å². The van der Waals surface area contributed by atoms with E-state index in [4.69, 9.17) is 13.9 Å². The summed E-state index contributed by atoms with van der Waals surface area (Å²) in [7, 11) is 1.03. The van der Waals surface area contributed by atoms with Gasteiger partial charge in [-0.1, -0.05) is 6.07 Å². The summed E-state index contributed by atoms with van der Waals surface area (Å²) in [4.78, 5) is 25.1. The Morgan fingerprint density at radius 1 is 1.17 bits per heavy atom. The van der Waals surface area contributed by atoms with E-state index in [1.807, 2.05) is 25.7 Å². The van der Waals surface area contributed by atoms with E-state index >= 15 is 0 Å². The van der Waals surface area contributed by atoms with E-state index in [1.54, 1.807) is 22.5 Å². The Balaban J connectivity index is 1.52. The van der Waals surface area contributed by atoms with Crippen LogP contribution in [-0.4, -0.2) is 65.0 Å². The number of fused-ring (bicyclic) bond motifs is 3. The van der Waals surface area contributed by atoms with Gasteiger partial charge in [-0.3, -0.25) is 4.90 Å². The minimum atomic E-state index is -4.68. The monoisotopic (exact) mass is 524 g/mol. The number of hydrogen-bond acceptors (Lipinski definition) is 8. The largest absolute Gasteiger partial charge is 0.444 e. The third kappa shape index (κ3) is 4.00. The molecule has 0 radical (unpaired) electrons. The molecular weight excluding hydrogens is 497 g/mol. The number of piperazine rings is 1. The number of carbonyl (C=O) groups excluding carboxylic acids is 1. The molecule has 12 heteroatoms. The summed E-state index contributed by atoms with van der Waals surface area (Å²) < 4.78 is 58.9. The standard InChI is InChI=1S/C24H27F3N4O4S/c1-22(2,3)35-21(32)31-13-10-14(31)12-30(11-13)20-29-17-16(23(4,33-5)24(25,26)27)7-6-15(18(17)34-20)19-28-8-9-36-19/h6-9,13-14H,10-12H2,1-5H3. The van der Waals surface area contributed by atoms with Crippen molar-refractivity contribution in [3.05, 3.63) is 29.3 Å². The van der Waals surface area contributed by atoms with Gasteiger partial charge in [-0.25, -0.2) is 9.78 Å². The number of thiazole rings is 1. The van der Waals surface area contributed by atoms with Gasteiger partial charge in [-0.15, -0.1) is 11.3 Å². The van der Waals surface area contributed by atoms with Crippen LogP contribution in [0.4, 0.5) is 24.0 Å². The molecule has 0 N–H and O–H groups in total. The average Bonchev–Trinajstić information content (AvgIpc) is 3.46. The van der Waals surface area contributed by atoms with Crippen molar-refractivity contribution in [2.24, 2.45) is 0 Å². The molecule has 3 unspecified atom stereocenters. The van der Waals surface area contributed by atoms with Crippen LogP contribution in [0.2, 0.25) is 0 Å². The number of rotatable bonds is 4. The molecule has 6 rings (SSSR count). The number of piperidine rings is 1. The van der Waals surface area contributed by atoms with Gasteiger partial charge in [-0.05, 0) is 40.2 Å². The first kappa shape index (κ1) is 24.8. The van der Waals surface area contributed by atoms with Crippen molar-refractivity contribution >= 4 is 34.5 Å². The molecule has 36 heavy (non-hydrogen) atoms. The highest BCUT2D eigenvalue weighted by Crippen LogP contribution is 2.47. The van der Waals surface area contributed by atoms with Crippen LogP contribution in [0.25, 0.3) is 21.7 Å². The van der Waals surface area contributed by atoms with Crippen molar-refractivity contribution in [1.82, 2.24) is 14.9 Å². The summed E-state index contributed by atoms with van der Waals surface area (Å²) in [6.07, 6.45) is -2.61. The van der Waals surface area contributed by atoms with Gasteiger partial charge in [0.25, 0.3) is 6.01 Å². The molecule has 0 aliphatic carbocycles. The summed E-state index contributed by atoms with van der Waals surface area (Å²) in [5.41, 5.74) is -2.48. The molecule has 0 spiro atoms. The summed E-state index contributed by atoms with van der Waals surface area (Å²) in [5, 5.41) is 2.39. The van der Waals surface area contributed by atoms with Crippen molar-refractivity contribution in [3.63, 3.8) is 0 Å². The molecule has 3 aromatic rings. The zero-order valence-corrected chi connectivity index (χ0v) is 21.4. The maximum Gasteiger partial charge on any atom is 0.421 e. The molecule has 3 aliphatic heterocycles. The van der Waals surface area contributed by atoms with E-state index in [2.05, 4.69) is 9.97 Å². The molecule has 0 saturated carbocycles. The number of methoxy groups -OCH3 is 1. The predicted octanol–water partition coefficient (Wildman–Crippen LogP) is 5.57. The van der Waals surface area contributed by atoms with Gasteiger partial charge in [0.05, 0.1) is 17.6 Å². The van der Waals surface area contributed by atoms with E-state index in [0.717, 1.165) is 20.5 Å².